The third-order valence-electron chi connectivity index (χ3n) is 3.30. The zero-order valence-corrected chi connectivity index (χ0v) is 11.2. The van der Waals surface area contributed by atoms with Crippen LogP contribution in [0.25, 0.3) is 0 Å². The zero-order chi connectivity index (χ0) is 12.4. The number of hydrogen-bond acceptors (Lipinski definition) is 2. The third-order valence-corrected chi connectivity index (χ3v) is 4.01. The van der Waals surface area contributed by atoms with Crippen LogP contribution < -0.4 is 0 Å². The van der Waals surface area contributed by atoms with Crippen molar-refractivity contribution in [2.24, 2.45) is 5.92 Å². The largest absolute Gasteiger partial charge is 0.390 e. The van der Waals surface area contributed by atoms with Crippen LogP contribution in [0.2, 0.25) is 10.0 Å². The van der Waals surface area contributed by atoms with E-state index in [9.17, 15) is 5.11 Å². The number of aliphatic hydroxyl groups is 1. The van der Waals surface area contributed by atoms with E-state index in [1.54, 1.807) is 18.2 Å². The fraction of sp³-hybridized carbons (Fsp3) is 0.538. The first-order valence-electron chi connectivity index (χ1n) is 5.82. The Balaban J connectivity index is 2.10. The first kappa shape index (κ1) is 13.2. The molecule has 1 heterocycles. The normalized spacial score (nSPS) is 26.1. The van der Waals surface area contributed by atoms with Crippen molar-refractivity contribution in [3.05, 3.63) is 33.8 Å². The Bertz CT molecular complexity index is 375. The maximum absolute atomic E-state index is 10.2. The molecule has 17 heavy (non-hydrogen) atoms. The number of halogens is 2. The van der Waals surface area contributed by atoms with Crippen LogP contribution in [0.3, 0.4) is 0 Å². The highest BCUT2D eigenvalue weighted by Crippen LogP contribution is 2.29. The van der Waals surface area contributed by atoms with Crippen LogP contribution in [0.15, 0.2) is 18.2 Å². The fourth-order valence-electron chi connectivity index (χ4n) is 2.26. The van der Waals surface area contributed by atoms with Gasteiger partial charge in [-0.1, -0.05) is 36.2 Å². The van der Waals surface area contributed by atoms with Crippen LogP contribution in [-0.2, 0) is 11.2 Å². The van der Waals surface area contributed by atoms with Crippen LogP contribution in [-0.4, -0.2) is 23.9 Å². The van der Waals surface area contributed by atoms with Crippen LogP contribution in [0.1, 0.15) is 18.9 Å². The maximum atomic E-state index is 10.2. The minimum Gasteiger partial charge on any atom is -0.390 e. The predicted octanol–water partition coefficient (Wildman–Crippen LogP) is 3.32. The lowest BCUT2D eigenvalue weighted by Gasteiger charge is -2.22. The van der Waals surface area contributed by atoms with Gasteiger partial charge in [0, 0.05) is 23.1 Å². The third kappa shape index (κ3) is 2.94. The summed E-state index contributed by atoms with van der Waals surface area (Å²) in [6.07, 6.45) is 0.776. The van der Waals surface area contributed by atoms with Gasteiger partial charge in [0.2, 0.25) is 0 Å². The Labute approximate surface area is 111 Å². The molecule has 1 fully saturated rings. The highest BCUT2D eigenvalue weighted by Gasteiger charge is 2.31. The van der Waals surface area contributed by atoms with Crippen LogP contribution in [0.4, 0.5) is 0 Å². The van der Waals surface area contributed by atoms with Crippen molar-refractivity contribution in [3.63, 3.8) is 0 Å². The van der Waals surface area contributed by atoms with E-state index in [1.807, 2.05) is 0 Å². The van der Waals surface area contributed by atoms with Crippen molar-refractivity contribution < 1.29 is 9.84 Å². The lowest BCUT2D eigenvalue weighted by molar-refractivity contribution is -0.0157. The number of hydrogen-bond donors (Lipinski definition) is 1. The molecule has 0 aromatic heterocycles. The SMILES string of the molecule is CC1CCOC1C(O)Cc1c(Cl)cccc1Cl. The molecule has 0 aliphatic carbocycles. The molecular weight excluding hydrogens is 259 g/mol. The van der Waals surface area contributed by atoms with Gasteiger partial charge in [0.25, 0.3) is 0 Å². The zero-order valence-electron chi connectivity index (χ0n) is 9.70. The van der Waals surface area contributed by atoms with Crippen LogP contribution in [0.5, 0.6) is 0 Å². The molecule has 0 amide bonds. The van der Waals surface area contributed by atoms with Gasteiger partial charge in [0.15, 0.2) is 0 Å². The van der Waals surface area contributed by atoms with Crippen molar-refractivity contribution in [1.82, 2.24) is 0 Å². The molecule has 94 valence electrons. The molecular formula is C13H16Cl2O2. The van der Waals surface area contributed by atoms with Gasteiger partial charge in [-0.25, -0.2) is 0 Å². The number of rotatable bonds is 3. The van der Waals surface area contributed by atoms with E-state index in [0.717, 1.165) is 18.6 Å². The Morgan fingerprint density at radius 1 is 1.41 bits per heavy atom. The van der Waals surface area contributed by atoms with Gasteiger partial charge in [-0.3, -0.25) is 0 Å². The molecule has 0 saturated carbocycles. The van der Waals surface area contributed by atoms with Crippen molar-refractivity contribution in [3.8, 4) is 0 Å². The van der Waals surface area contributed by atoms with E-state index in [-0.39, 0.29) is 6.10 Å². The topological polar surface area (TPSA) is 29.5 Å². The molecule has 1 N–H and O–H groups in total. The molecule has 1 saturated heterocycles. The van der Waals surface area contributed by atoms with Gasteiger partial charge < -0.3 is 9.84 Å². The van der Waals surface area contributed by atoms with Crippen LogP contribution in [0, 0.1) is 5.92 Å². The summed E-state index contributed by atoms with van der Waals surface area (Å²) in [7, 11) is 0. The monoisotopic (exact) mass is 274 g/mol. The smallest absolute Gasteiger partial charge is 0.0863 e. The van der Waals surface area contributed by atoms with Crippen molar-refractivity contribution in [2.45, 2.75) is 32.0 Å². The molecule has 0 spiro atoms. The molecule has 1 aromatic carbocycles. The minimum atomic E-state index is -0.551. The Hall–Kier alpha value is -0.280. The fourth-order valence-corrected chi connectivity index (χ4v) is 2.81. The lowest BCUT2D eigenvalue weighted by atomic mass is 9.95. The molecule has 1 aliphatic rings. The number of ether oxygens (including phenoxy) is 1. The molecule has 0 radical (unpaired) electrons. The quantitative estimate of drug-likeness (QED) is 0.917. The average Bonchev–Trinajstić information content (AvgIpc) is 2.70. The lowest BCUT2D eigenvalue weighted by Crippen LogP contribution is -2.31. The summed E-state index contributed by atoms with van der Waals surface area (Å²) in [6, 6.07) is 5.37. The van der Waals surface area contributed by atoms with E-state index in [4.69, 9.17) is 27.9 Å². The number of aliphatic hydroxyl groups excluding tert-OH is 1. The second-order valence-electron chi connectivity index (χ2n) is 4.57. The molecule has 4 heteroatoms. The van der Waals surface area contributed by atoms with E-state index >= 15 is 0 Å². The highest BCUT2D eigenvalue weighted by atomic mass is 35.5. The van der Waals surface area contributed by atoms with Gasteiger partial charge in [-0.05, 0) is 30.0 Å². The summed E-state index contributed by atoms with van der Waals surface area (Å²) in [5.74, 6) is 0.381. The first-order valence-corrected chi connectivity index (χ1v) is 6.57. The summed E-state index contributed by atoms with van der Waals surface area (Å²) >= 11 is 12.2. The van der Waals surface area contributed by atoms with Crippen molar-refractivity contribution in [2.75, 3.05) is 6.61 Å². The highest BCUT2D eigenvalue weighted by molar-refractivity contribution is 6.35. The predicted molar refractivity (Wildman–Crippen MR) is 69.7 cm³/mol. The standard InChI is InChI=1S/C13H16Cl2O2/c1-8-5-6-17-13(8)12(16)7-9-10(14)3-2-4-11(9)15/h2-4,8,12-13,16H,5-7H2,1H3. The van der Waals surface area contributed by atoms with Gasteiger partial charge in [-0.2, -0.15) is 0 Å². The molecule has 3 unspecified atom stereocenters. The van der Waals surface area contributed by atoms with E-state index in [1.165, 1.54) is 0 Å². The minimum absolute atomic E-state index is 0.109. The van der Waals surface area contributed by atoms with Gasteiger partial charge in [0.05, 0.1) is 12.2 Å². The first-order chi connectivity index (χ1) is 8.09. The van der Waals surface area contributed by atoms with Gasteiger partial charge in [0.1, 0.15) is 0 Å². The Morgan fingerprint density at radius 2 is 2.06 bits per heavy atom. The second-order valence-corrected chi connectivity index (χ2v) is 5.39. The van der Waals surface area contributed by atoms with E-state index in [0.29, 0.717) is 22.4 Å². The van der Waals surface area contributed by atoms with Gasteiger partial charge in [-0.15, -0.1) is 0 Å². The summed E-state index contributed by atoms with van der Waals surface area (Å²) in [4.78, 5) is 0. The van der Waals surface area contributed by atoms with Crippen molar-refractivity contribution in [1.29, 1.82) is 0 Å². The summed E-state index contributed by atoms with van der Waals surface area (Å²) in [5.41, 5.74) is 0.797. The average molecular weight is 275 g/mol. The molecule has 3 atom stereocenters. The summed E-state index contributed by atoms with van der Waals surface area (Å²) in [5, 5.41) is 11.4. The van der Waals surface area contributed by atoms with Crippen molar-refractivity contribution >= 4 is 23.2 Å². The summed E-state index contributed by atoms with van der Waals surface area (Å²) in [6.45, 7) is 2.81. The molecule has 0 bridgehead atoms. The maximum Gasteiger partial charge on any atom is 0.0863 e. The van der Waals surface area contributed by atoms with Crippen LogP contribution >= 0.6 is 23.2 Å². The second kappa shape index (κ2) is 5.57. The van der Waals surface area contributed by atoms with Gasteiger partial charge >= 0.3 is 0 Å². The number of benzene rings is 1. The molecule has 2 rings (SSSR count). The Kier molecular flexibility index (Phi) is 4.31. The molecule has 1 aliphatic heterocycles. The molecule has 2 nitrogen and oxygen atoms in total. The Morgan fingerprint density at radius 3 is 2.59 bits per heavy atom. The summed E-state index contributed by atoms with van der Waals surface area (Å²) < 4.78 is 5.54. The van der Waals surface area contributed by atoms with E-state index < -0.39 is 6.10 Å². The molecule has 1 aromatic rings. The van der Waals surface area contributed by atoms with E-state index in [2.05, 4.69) is 6.92 Å².